The second kappa shape index (κ2) is 42.2. The average molecular weight is 1460 g/mol. The van der Waals surface area contributed by atoms with E-state index < -0.39 is 230 Å². The summed E-state index contributed by atoms with van der Waals surface area (Å²) in [5.41, 5.74) is 22.9. The van der Waals surface area contributed by atoms with Gasteiger partial charge in [-0.25, -0.2) is 4.79 Å². The first-order valence-electron chi connectivity index (χ1n) is 33.5. The Morgan fingerprint density at radius 2 is 1.25 bits per heavy atom. The van der Waals surface area contributed by atoms with Crippen LogP contribution in [0.4, 0.5) is 0 Å². The number of phenols is 1. The number of rotatable bonds is 32. The first kappa shape index (κ1) is 89.7. The third-order valence-electron chi connectivity index (χ3n) is 17.1. The van der Waals surface area contributed by atoms with Crippen LogP contribution in [0.3, 0.4) is 0 Å². The second-order valence-corrected chi connectivity index (χ2v) is 26.7. The normalized spacial score (nSPS) is 22.9. The van der Waals surface area contributed by atoms with Gasteiger partial charge in [0, 0.05) is 46.7 Å². The highest BCUT2D eigenvalue weighted by atomic mass is 16.5. The van der Waals surface area contributed by atoms with Crippen molar-refractivity contribution in [3.05, 3.63) is 42.0 Å². The number of ether oxygens (including phenoxy) is 3. The molecule has 37 heteroatoms. The lowest BCUT2D eigenvalue weighted by atomic mass is 9.87. The molecule has 0 saturated carbocycles. The number of benzene rings is 1. The van der Waals surface area contributed by atoms with Gasteiger partial charge in [0.15, 0.2) is 6.10 Å². The van der Waals surface area contributed by atoms with Crippen LogP contribution in [0.15, 0.2) is 36.4 Å². The monoisotopic (exact) mass is 1460 g/mol. The molecule has 1 fully saturated rings. The van der Waals surface area contributed by atoms with E-state index in [4.69, 9.17) is 37.1 Å². The number of likely N-dealkylation sites (N-methyl/N-ethyl adjacent to an activating group) is 2. The van der Waals surface area contributed by atoms with Crippen LogP contribution in [0, 0.1) is 29.6 Å². The van der Waals surface area contributed by atoms with Gasteiger partial charge in [-0.1, -0.05) is 72.8 Å². The number of allylic oxidation sites excluding steroid dienone is 1. The molecule has 5 unspecified atom stereocenters. The Balaban J connectivity index is 2.85. The Bertz CT molecular complexity index is 3170. The molecule has 0 aromatic heterocycles. The van der Waals surface area contributed by atoms with Gasteiger partial charge in [-0.3, -0.25) is 67.1 Å². The van der Waals surface area contributed by atoms with E-state index in [0.29, 0.717) is 5.92 Å². The molecule has 2 rings (SSSR count). The standard InChI is InChI=1S/C66H107N15O22/c1-29(2)24-31(5)16-19-40(84)26-45(86)74-51(53(88)56(70)90)63(97)77-49(36(10)82)61(95)76-48(34(8)67)60(94)75-47(32(6)33(7)55(69)89)59(93)78-50-37(11)103-66(100)35(9)80(12)65(99)52(54(102-15)38-17-20-39(83)21-18-38)79-58(92)43(22-23-44(68)85)81(13)64(98)41(25-30(3)4)72-46(87)27-71-57(91)42(28-101-14)73-62(50)96/h16-21,29-37,40-43,47-54,82-84,88H,22-28,67H2,1-15H3,(H2,68,85)(H2,69,89)(H2,70,90)(H,71,91)(H,72,87)(H,73,96)(H,74,86)(H,75,94)(H,76,95)(H,77,97)(H,78,93)(H,79,92)/b19-16-/t31?,32?,33?,34-,35-,36+,37+,40?,41-,42+,43-,47?,48-,49+,50+,51+,52+,53-,54+/m0/s1. The minimum Gasteiger partial charge on any atom is -0.508 e. The molecule has 0 bridgehead atoms. The second-order valence-electron chi connectivity index (χ2n) is 26.7. The zero-order valence-corrected chi connectivity index (χ0v) is 60.9. The maximum Gasteiger partial charge on any atom is 0.328 e. The Morgan fingerprint density at radius 1 is 0.680 bits per heavy atom. The van der Waals surface area contributed by atoms with Gasteiger partial charge in [0.2, 0.25) is 82.7 Å². The van der Waals surface area contributed by atoms with Crippen molar-refractivity contribution in [2.45, 2.75) is 205 Å². The number of aliphatic hydroxyl groups excluding tert-OH is 3. The number of esters is 1. The lowest BCUT2D eigenvalue weighted by Gasteiger charge is -2.36. The van der Waals surface area contributed by atoms with Crippen molar-refractivity contribution in [1.82, 2.24) is 57.7 Å². The maximum absolute atomic E-state index is 15.0. The van der Waals surface area contributed by atoms with Crippen molar-refractivity contribution in [3.63, 3.8) is 0 Å². The highest BCUT2D eigenvalue weighted by Gasteiger charge is 2.45. The highest BCUT2D eigenvalue weighted by Crippen LogP contribution is 2.27. The first-order valence-corrected chi connectivity index (χ1v) is 33.5. The smallest absolute Gasteiger partial charge is 0.328 e. The minimum absolute atomic E-state index is 0.00428. The fourth-order valence-electron chi connectivity index (χ4n) is 10.9. The molecule has 1 aromatic carbocycles. The van der Waals surface area contributed by atoms with E-state index in [1.807, 2.05) is 20.8 Å². The number of nitrogens with one attached hydrogen (secondary N) is 9. The quantitative estimate of drug-likeness (QED) is 0.0236. The topological polar surface area (TPSA) is 583 Å². The predicted molar refractivity (Wildman–Crippen MR) is 367 cm³/mol. The summed E-state index contributed by atoms with van der Waals surface area (Å²) in [5, 5.41) is 63.3. The van der Waals surface area contributed by atoms with Crippen LogP contribution in [0.25, 0.3) is 0 Å². The van der Waals surface area contributed by atoms with E-state index in [1.54, 1.807) is 19.9 Å². The summed E-state index contributed by atoms with van der Waals surface area (Å²) in [6.07, 6.45) is -6.96. The molecule has 578 valence electrons. The van der Waals surface area contributed by atoms with Crippen LogP contribution in [-0.2, 0) is 86.1 Å². The number of hydrogen-bond donors (Lipinski definition) is 17. The molecule has 1 saturated heterocycles. The number of nitrogens with zero attached hydrogens (tertiary/aromatic N) is 2. The number of phenolic OH excluding ortho intramolecular Hbond substituents is 1. The molecule has 103 heavy (non-hydrogen) atoms. The number of amides is 14. The molecule has 14 amide bonds. The van der Waals surface area contributed by atoms with E-state index in [1.165, 1.54) is 72.2 Å². The van der Waals surface area contributed by atoms with Crippen LogP contribution < -0.4 is 70.8 Å². The van der Waals surface area contributed by atoms with E-state index in [9.17, 15) is 82.8 Å². The van der Waals surface area contributed by atoms with Crippen LogP contribution in [0.2, 0.25) is 0 Å². The molecule has 19 atom stereocenters. The minimum atomic E-state index is -2.46. The van der Waals surface area contributed by atoms with Crippen molar-refractivity contribution >= 4 is 88.7 Å². The van der Waals surface area contributed by atoms with E-state index >= 15 is 9.59 Å². The van der Waals surface area contributed by atoms with Gasteiger partial charge in [-0.15, -0.1) is 0 Å². The number of carbonyl (C=O) groups is 15. The SMILES string of the molecule is COC[C@H]1NC(=O)[C@H](NC(=O)C(NC(=O)[C@@H](NC(=O)[C@H](NC(=O)[C@H](NC(=O)CC(O)/C=C\C(C)CC(C)C)[C@H](O)C(N)=O)[C@@H](C)O)[C@H](C)N)C(C)C(C)C(N)=O)[C@@H](C)OC(=O)[C@H](C)N(C)C(=O)[C@@H]([C@H](OC)c2ccc(O)cc2)NC(=O)[C@H](CCC(N)=O)N(C)C(=O)[C@H](CC(C)C)NC(=O)CNC1=O. The summed E-state index contributed by atoms with van der Waals surface area (Å²) < 4.78 is 16.8. The molecule has 0 spiro atoms. The number of primary amides is 3. The molecule has 1 aliphatic rings. The summed E-state index contributed by atoms with van der Waals surface area (Å²) in [7, 11) is 4.62. The Morgan fingerprint density at radius 3 is 1.78 bits per heavy atom. The van der Waals surface area contributed by atoms with Crippen molar-refractivity contribution in [2.24, 2.45) is 52.5 Å². The van der Waals surface area contributed by atoms with Crippen LogP contribution in [0.5, 0.6) is 5.75 Å². The van der Waals surface area contributed by atoms with E-state index in [0.717, 1.165) is 44.2 Å². The van der Waals surface area contributed by atoms with Crippen LogP contribution in [-0.4, -0.2) is 251 Å². The number of hydrogen-bond acceptors (Lipinski definition) is 23. The largest absolute Gasteiger partial charge is 0.508 e. The van der Waals surface area contributed by atoms with Crippen molar-refractivity contribution < 1.29 is 107 Å². The number of aromatic hydroxyl groups is 1. The number of nitrogens with two attached hydrogens (primary N) is 4. The van der Waals surface area contributed by atoms with Crippen molar-refractivity contribution in [3.8, 4) is 5.75 Å². The summed E-state index contributed by atoms with van der Waals surface area (Å²) >= 11 is 0. The number of cyclic esters (lactones) is 1. The van der Waals surface area contributed by atoms with Crippen LogP contribution >= 0.6 is 0 Å². The van der Waals surface area contributed by atoms with Crippen LogP contribution in [0.1, 0.15) is 120 Å². The number of carbonyl (C=O) groups excluding carboxylic acids is 15. The molecular weight excluding hydrogens is 1350 g/mol. The zero-order chi connectivity index (χ0) is 78.8. The third kappa shape index (κ3) is 28.0. The summed E-state index contributed by atoms with van der Waals surface area (Å²) in [4.78, 5) is 211. The Labute approximate surface area is 597 Å². The van der Waals surface area contributed by atoms with E-state index in [-0.39, 0.29) is 29.6 Å². The maximum atomic E-state index is 15.0. The van der Waals surface area contributed by atoms with Gasteiger partial charge in [0.1, 0.15) is 78.4 Å². The van der Waals surface area contributed by atoms with Gasteiger partial charge in [-0.05, 0) is 88.3 Å². The van der Waals surface area contributed by atoms with Gasteiger partial charge >= 0.3 is 5.97 Å². The van der Waals surface area contributed by atoms with Gasteiger partial charge in [-0.2, -0.15) is 0 Å². The van der Waals surface area contributed by atoms with Gasteiger partial charge in [0.05, 0.1) is 31.8 Å². The predicted octanol–water partition coefficient (Wildman–Crippen LogP) is -6.03. The summed E-state index contributed by atoms with van der Waals surface area (Å²) in [5.74, 6) is -20.7. The highest BCUT2D eigenvalue weighted by molar-refractivity contribution is 6.01. The number of aliphatic hydroxyl groups is 3. The van der Waals surface area contributed by atoms with Crippen molar-refractivity contribution in [1.29, 1.82) is 0 Å². The van der Waals surface area contributed by atoms with Gasteiger partial charge in [0.25, 0.3) is 0 Å². The molecular formula is C66H107N15O22. The molecule has 0 aliphatic carbocycles. The Hall–Kier alpha value is -9.43. The molecule has 21 N–H and O–H groups in total. The molecule has 0 radical (unpaired) electrons. The molecule has 37 nitrogen and oxygen atoms in total. The van der Waals surface area contributed by atoms with Crippen molar-refractivity contribution in [2.75, 3.05) is 41.5 Å². The summed E-state index contributed by atoms with van der Waals surface area (Å²) in [6, 6.07) is -15.0. The fraction of sp³-hybridized carbons (Fsp3) is 0.652. The zero-order valence-electron chi connectivity index (χ0n) is 60.9. The van der Waals surface area contributed by atoms with E-state index in [2.05, 4.69) is 47.9 Å². The average Bonchev–Trinajstić information content (AvgIpc) is 0.836. The fourth-order valence-corrected chi connectivity index (χ4v) is 10.9. The Kier molecular flexibility index (Phi) is 36.8. The van der Waals surface area contributed by atoms with Gasteiger partial charge < -0.3 is 115 Å². The lowest BCUT2D eigenvalue weighted by Crippen LogP contribution is -2.66. The molecule has 1 heterocycles. The number of methoxy groups -OCH3 is 2. The molecule has 1 aliphatic heterocycles. The molecule has 1 aromatic rings. The first-order chi connectivity index (χ1) is 47.9. The summed E-state index contributed by atoms with van der Waals surface area (Å²) in [6.45, 7) is 14.7. The third-order valence-corrected chi connectivity index (χ3v) is 17.1. The lowest BCUT2D eigenvalue weighted by molar-refractivity contribution is -0.161.